The molecule has 11 nitrogen and oxygen atoms in total. The Kier molecular flexibility index (Phi) is 22.3. The van der Waals surface area contributed by atoms with Gasteiger partial charge in [0.25, 0.3) is 12.9 Å². The second kappa shape index (κ2) is 24.1. The molecule has 0 saturated carbocycles. The SMILES string of the molecule is N#Cc1ccc(C(F)F)cn1.N#Cc1ccc(C=O)cn1.O=C(O)c1ccc(C(F)F)cn1.O=Cc1ccc(Br)nc1.[C-]#N.[Cu+]. The quantitative estimate of drug-likeness (QED) is 0.0815. The molecule has 0 atom stereocenters. The van der Waals surface area contributed by atoms with Gasteiger partial charge in [0.05, 0.1) is 0 Å². The number of carbonyl (C=O) groups is 3. The van der Waals surface area contributed by atoms with Crippen LogP contribution in [0.3, 0.4) is 0 Å². The fraction of sp³-hybridized carbons (Fsp3) is 0.0714. The van der Waals surface area contributed by atoms with Gasteiger partial charge < -0.3 is 16.9 Å². The first kappa shape index (κ1) is 41.7. The third kappa shape index (κ3) is 17.3. The van der Waals surface area contributed by atoms with Gasteiger partial charge in [0.2, 0.25) is 0 Å². The molecule has 4 rings (SSSR count). The molecule has 0 aliphatic heterocycles. The van der Waals surface area contributed by atoms with Crippen LogP contribution in [0.5, 0.6) is 0 Å². The smallest absolute Gasteiger partial charge is 0.512 e. The van der Waals surface area contributed by atoms with E-state index >= 15 is 0 Å². The molecular formula is C28H17BrCuF4N7O4. The molecule has 234 valence electrons. The number of nitrogens with zero attached hydrogens (tertiary/aromatic N) is 7. The normalized spacial score (nSPS) is 8.78. The van der Waals surface area contributed by atoms with E-state index in [0.717, 1.165) is 35.4 Å². The molecular weight excluding hydrogens is 718 g/mol. The van der Waals surface area contributed by atoms with Gasteiger partial charge in [-0.05, 0) is 64.5 Å². The first-order valence-electron chi connectivity index (χ1n) is 11.3. The van der Waals surface area contributed by atoms with Crippen molar-refractivity contribution in [1.82, 2.24) is 19.9 Å². The summed E-state index contributed by atoms with van der Waals surface area (Å²) in [7, 11) is 0. The largest absolute Gasteiger partial charge is 1.00 e. The Labute approximate surface area is 272 Å². The van der Waals surface area contributed by atoms with Crippen LogP contribution < -0.4 is 0 Å². The van der Waals surface area contributed by atoms with Gasteiger partial charge in [-0.25, -0.2) is 42.3 Å². The molecule has 4 heterocycles. The third-order valence-corrected chi connectivity index (χ3v) is 4.80. The van der Waals surface area contributed by atoms with Gasteiger partial charge in [-0.15, -0.1) is 0 Å². The molecule has 4 aromatic heterocycles. The van der Waals surface area contributed by atoms with E-state index in [1.54, 1.807) is 24.3 Å². The molecule has 0 amide bonds. The van der Waals surface area contributed by atoms with Crippen LogP contribution in [0.1, 0.15) is 66.6 Å². The Balaban J connectivity index is 0. The van der Waals surface area contributed by atoms with Crippen molar-refractivity contribution in [2.45, 2.75) is 12.9 Å². The van der Waals surface area contributed by atoms with E-state index in [-0.39, 0.29) is 39.6 Å². The van der Waals surface area contributed by atoms with E-state index in [1.807, 2.05) is 6.07 Å². The summed E-state index contributed by atoms with van der Waals surface area (Å²) < 4.78 is 48.3. The van der Waals surface area contributed by atoms with Gasteiger partial charge in [0.15, 0.2) is 12.6 Å². The Hall–Kier alpha value is -5.40. The molecule has 0 aliphatic carbocycles. The van der Waals surface area contributed by atoms with Crippen LogP contribution in [-0.4, -0.2) is 43.6 Å². The van der Waals surface area contributed by atoms with Gasteiger partial charge >= 0.3 is 23.0 Å². The monoisotopic (exact) mass is 733 g/mol. The summed E-state index contributed by atoms with van der Waals surface area (Å²) in [5.74, 6) is -1.23. The fourth-order valence-corrected chi connectivity index (χ4v) is 2.49. The summed E-state index contributed by atoms with van der Waals surface area (Å²) in [6.45, 7) is 4.75. The Morgan fingerprint density at radius 3 is 1.44 bits per heavy atom. The average Bonchev–Trinajstić information content (AvgIpc) is 3.07. The number of rotatable bonds is 5. The molecule has 4 aromatic rings. The molecule has 17 heteroatoms. The number of carboxylic acid groups (broad SMARTS) is 1. The maximum Gasteiger partial charge on any atom is 1.00 e. The summed E-state index contributed by atoms with van der Waals surface area (Å²) in [6.07, 6.45) is 1.06. The number of hydrogen-bond acceptors (Lipinski definition) is 10. The molecule has 0 spiro atoms. The van der Waals surface area contributed by atoms with Crippen molar-refractivity contribution in [3.8, 4) is 12.1 Å². The summed E-state index contributed by atoms with van der Waals surface area (Å²) in [5.41, 5.74) is 0.876. The van der Waals surface area contributed by atoms with Crippen molar-refractivity contribution >= 4 is 34.5 Å². The Morgan fingerprint density at radius 1 is 0.733 bits per heavy atom. The molecule has 0 aliphatic rings. The van der Waals surface area contributed by atoms with Crippen LogP contribution in [-0.2, 0) is 17.1 Å². The third-order valence-electron chi connectivity index (χ3n) is 4.33. The van der Waals surface area contributed by atoms with E-state index < -0.39 is 18.8 Å². The van der Waals surface area contributed by atoms with Crippen molar-refractivity contribution in [3.05, 3.63) is 124 Å². The standard InChI is InChI=1S/C7H4F2N2.C7H5F2NO2.C7H4N2O.C6H4BrNO.CN.Cu/c8-7(9)5-1-2-6(3-10)11-4-5;8-6(9)4-1-2-5(7(11)12)10-3-4;8-3-7-2-1-6(5-10)4-9-7;7-6-2-1-5(4-9)3-8-6;1-2;/h1-2,4,7H;1-3,6H,(H,11,12);1-2,4-5H;1-4H;;/q;;;;-1;+1. The minimum absolute atomic E-state index is 0. The summed E-state index contributed by atoms with van der Waals surface area (Å²) in [6, 6.07) is 14.6. The first-order valence-corrected chi connectivity index (χ1v) is 12.1. The zero-order valence-electron chi connectivity index (χ0n) is 22.2. The van der Waals surface area contributed by atoms with Crippen LogP contribution >= 0.6 is 15.9 Å². The number of alkyl halides is 4. The Morgan fingerprint density at radius 2 is 1.16 bits per heavy atom. The zero-order valence-corrected chi connectivity index (χ0v) is 24.8. The number of halogens is 5. The van der Waals surface area contributed by atoms with Crippen molar-refractivity contribution in [3.63, 3.8) is 0 Å². The maximum absolute atomic E-state index is 11.9. The van der Waals surface area contributed by atoms with E-state index in [4.69, 9.17) is 27.5 Å². The topological polar surface area (TPSA) is 194 Å². The molecule has 0 fully saturated rings. The van der Waals surface area contributed by atoms with Crippen LogP contribution in [0, 0.1) is 34.5 Å². The second-order valence-corrected chi connectivity index (χ2v) is 8.02. The molecule has 0 aromatic carbocycles. The number of nitriles is 2. The molecule has 0 unspecified atom stereocenters. The molecule has 0 saturated heterocycles. The van der Waals surface area contributed by atoms with Crippen molar-refractivity contribution in [2.24, 2.45) is 0 Å². The van der Waals surface area contributed by atoms with E-state index in [1.165, 1.54) is 30.6 Å². The maximum atomic E-state index is 11.9. The summed E-state index contributed by atoms with van der Waals surface area (Å²) in [4.78, 5) is 44.7. The number of pyridine rings is 4. The first-order chi connectivity index (χ1) is 21.0. The number of aldehydes is 2. The van der Waals surface area contributed by atoms with Crippen LogP contribution in [0.2, 0.25) is 0 Å². The summed E-state index contributed by atoms with van der Waals surface area (Å²) in [5, 5.41) is 31.2. The van der Waals surface area contributed by atoms with Gasteiger partial charge in [-0.3, -0.25) is 9.59 Å². The van der Waals surface area contributed by atoms with E-state index in [0.29, 0.717) is 23.1 Å². The van der Waals surface area contributed by atoms with Gasteiger partial charge in [0, 0.05) is 47.0 Å². The number of carbonyl (C=O) groups excluding carboxylic acids is 2. The minimum atomic E-state index is -2.61. The van der Waals surface area contributed by atoms with Crippen molar-refractivity contribution in [2.75, 3.05) is 0 Å². The summed E-state index contributed by atoms with van der Waals surface area (Å²) >= 11 is 3.15. The molecule has 0 bridgehead atoms. The minimum Gasteiger partial charge on any atom is -0.512 e. The predicted molar refractivity (Wildman–Crippen MR) is 147 cm³/mol. The average molecular weight is 735 g/mol. The van der Waals surface area contributed by atoms with Crippen LogP contribution in [0.15, 0.2) is 77.9 Å². The number of carboxylic acids is 1. The van der Waals surface area contributed by atoms with Gasteiger partial charge in [-0.2, -0.15) is 10.5 Å². The number of hydrogen-bond donors (Lipinski definition) is 1. The van der Waals surface area contributed by atoms with E-state index in [2.05, 4.69) is 35.9 Å². The molecule has 1 N–H and O–H groups in total. The zero-order chi connectivity index (χ0) is 33.5. The van der Waals surface area contributed by atoms with Crippen LogP contribution in [0.4, 0.5) is 17.6 Å². The molecule has 45 heavy (non-hydrogen) atoms. The fourth-order valence-electron chi connectivity index (χ4n) is 2.26. The second-order valence-electron chi connectivity index (χ2n) is 7.21. The van der Waals surface area contributed by atoms with Gasteiger partial charge in [-0.1, -0.05) is 0 Å². The number of aromatic carboxylic acids is 1. The Bertz CT molecular complexity index is 1570. The van der Waals surface area contributed by atoms with E-state index in [9.17, 15) is 31.9 Å². The number of aromatic nitrogens is 4. The van der Waals surface area contributed by atoms with Crippen molar-refractivity contribution < 1.29 is 54.1 Å². The van der Waals surface area contributed by atoms with Crippen molar-refractivity contribution in [1.29, 1.82) is 15.8 Å². The van der Waals surface area contributed by atoms with Gasteiger partial charge in [0.1, 0.15) is 33.8 Å². The predicted octanol–water partition coefficient (Wildman–Crippen LogP) is 6.12. The van der Waals surface area contributed by atoms with Crippen LogP contribution in [0.25, 0.3) is 0 Å². The molecule has 0 radical (unpaired) electrons.